The second-order valence-corrected chi connectivity index (χ2v) is 7.98. The minimum Gasteiger partial charge on any atom is -0.455 e. The van der Waals surface area contributed by atoms with Crippen molar-refractivity contribution in [2.75, 3.05) is 11.5 Å². The summed E-state index contributed by atoms with van der Waals surface area (Å²) in [4.78, 5) is 28.1. The van der Waals surface area contributed by atoms with Gasteiger partial charge in [-0.05, 0) is 45.1 Å². The molecule has 1 aromatic rings. The number of ether oxygens (including phenoxy) is 1. The molecule has 1 saturated heterocycles. The molecular formula is C14H20N2O3S2. The first-order valence-electron chi connectivity index (χ1n) is 6.92. The number of aromatic nitrogens is 1. The van der Waals surface area contributed by atoms with Gasteiger partial charge in [-0.2, -0.15) is 11.8 Å². The Balaban J connectivity index is 1.95. The molecule has 5 nitrogen and oxygen atoms in total. The third kappa shape index (κ3) is 5.00. The van der Waals surface area contributed by atoms with Gasteiger partial charge in [0.25, 0.3) is 5.91 Å². The number of thiazole rings is 1. The van der Waals surface area contributed by atoms with Crippen LogP contribution in [0.2, 0.25) is 0 Å². The van der Waals surface area contributed by atoms with Gasteiger partial charge in [0.05, 0.1) is 0 Å². The van der Waals surface area contributed by atoms with Gasteiger partial charge in [-0.15, -0.1) is 11.3 Å². The van der Waals surface area contributed by atoms with Gasteiger partial charge in [0.1, 0.15) is 5.60 Å². The van der Waals surface area contributed by atoms with E-state index in [0.29, 0.717) is 5.01 Å². The van der Waals surface area contributed by atoms with Crippen LogP contribution in [0.25, 0.3) is 0 Å². The lowest BCUT2D eigenvalue weighted by Crippen LogP contribution is -2.37. The Kier molecular flexibility index (Phi) is 5.27. The minimum absolute atomic E-state index is 0.194. The lowest BCUT2D eigenvalue weighted by Gasteiger charge is -2.21. The van der Waals surface area contributed by atoms with Gasteiger partial charge in [0.15, 0.2) is 10.7 Å². The Bertz CT molecular complexity index is 517. The summed E-state index contributed by atoms with van der Waals surface area (Å²) in [6.07, 6.45) is 1.97. The molecule has 21 heavy (non-hydrogen) atoms. The van der Waals surface area contributed by atoms with Gasteiger partial charge in [0.2, 0.25) is 0 Å². The third-order valence-corrected chi connectivity index (χ3v) is 4.75. The number of hydrogen-bond acceptors (Lipinski definition) is 6. The molecule has 0 atom stereocenters. The number of esters is 1. The van der Waals surface area contributed by atoms with Gasteiger partial charge >= 0.3 is 5.97 Å². The number of nitrogens with zero attached hydrogens (tertiary/aromatic N) is 1. The third-order valence-electron chi connectivity index (χ3n) is 2.86. The van der Waals surface area contributed by atoms with Crippen molar-refractivity contribution >= 4 is 35.0 Å². The zero-order valence-electron chi connectivity index (χ0n) is 12.5. The highest BCUT2D eigenvalue weighted by atomic mass is 32.2. The molecule has 2 rings (SSSR count). The van der Waals surface area contributed by atoms with E-state index in [1.807, 2.05) is 11.8 Å². The SMILES string of the molecule is CC(C)(C)OC(=O)c1csc(C(=O)NC2CCSCC2)n1. The second-order valence-electron chi connectivity index (χ2n) is 5.90. The van der Waals surface area contributed by atoms with Crippen LogP contribution in [0.4, 0.5) is 0 Å². The molecule has 0 radical (unpaired) electrons. The van der Waals surface area contributed by atoms with E-state index in [4.69, 9.17) is 4.74 Å². The van der Waals surface area contributed by atoms with Crippen molar-refractivity contribution in [3.63, 3.8) is 0 Å². The summed E-state index contributed by atoms with van der Waals surface area (Å²) in [6, 6.07) is 0.215. The molecule has 0 unspecified atom stereocenters. The van der Waals surface area contributed by atoms with Crippen LogP contribution in [0.15, 0.2) is 5.38 Å². The smallest absolute Gasteiger partial charge is 0.358 e. The molecule has 1 amide bonds. The highest BCUT2D eigenvalue weighted by molar-refractivity contribution is 7.99. The molecule has 0 saturated carbocycles. The molecule has 1 aliphatic heterocycles. The molecule has 0 spiro atoms. The van der Waals surface area contributed by atoms with Crippen molar-refractivity contribution in [2.45, 2.75) is 45.3 Å². The Morgan fingerprint density at radius 2 is 2.00 bits per heavy atom. The van der Waals surface area contributed by atoms with Gasteiger partial charge < -0.3 is 10.1 Å². The summed E-state index contributed by atoms with van der Waals surface area (Å²) in [7, 11) is 0. The molecule has 0 bridgehead atoms. The lowest BCUT2D eigenvalue weighted by atomic mass is 10.1. The number of nitrogens with one attached hydrogen (secondary N) is 1. The second kappa shape index (κ2) is 6.79. The van der Waals surface area contributed by atoms with Gasteiger partial charge in [0, 0.05) is 11.4 Å². The molecule has 0 aliphatic carbocycles. The summed E-state index contributed by atoms with van der Waals surface area (Å²) in [5, 5.41) is 4.86. The van der Waals surface area contributed by atoms with Crippen molar-refractivity contribution in [3.05, 3.63) is 16.1 Å². The van der Waals surface area contributed by atoms with Crippen molar-refractivity contribution in [2.24, 2.45) is 0 Å². The lowest BCUT2D eigenvalue weighted by molar-refractivity contribution is 0.00637. The summed E-state index contributed by atoms with van der Waals surface area (Å²) >= 11 is 3.08. The highest BCUT2D eigenvalue weighted by Gasteiger charge is 2.23. The van der Waals surface area contributed by atoms with Crippen LogP contribution in [-0.4, -0.2) is 40.0 Å². The fourth-order valence-corrected chi connectivity index (χ4v) is 3.69. The minimum atomic E-state index is -0.567. The molecular weight excluding hydrogens is 308 g/mol. The maximum atomic E-state index is 12.1. The van der Waals surface area contributed by atoms with Crippen molar-refractivity contribution in [3.8, 4) is 0 Å². The highest BCUT2D eigenvalue weighted by Crippen LogP contribution is 2.19. The quantitative estimate of drug-likeness (QED) is 0.864. The number of carbonyl (C=O) groups excluding carboxylic acids is 2. The van der Waals surface area contributed by atoms with Crippen molar-refractivity contribution < 1.29 is 14.3 Å². The van der Waals surface area contributed by atoms with E-state index in [-0.39, 0.29) is 17.6 Å². The molecule has 1 aliphatic rings. The summed E-state index contributed by atoms with van der Waals surface area (Å²) in [5.41, 5.74) is -0.373. The Labute approximate surface area is 132 Å². The average molecular weight is 328 g/mol. The van der Waals surface area contributed by atoms with Gasteiger partial charge in [-0.1, -0.05) is 0 Å². The first-order valence-corrected chi connectivity index (χ1v) is 8.96. The fraction of sp³-hybridized carbons (Fsp3) is 0.643. The van der Waals surface area contributed by atoms with Crippen LogP contribution in [0.5, 0.6) is 0 Å². The zero-order chi connectivity index (χ0) is 15.5. The van der Waals surface area contributed by atoms with Crippen LogP contribution in [0.3, 0.4) is 0 Å². The van der Waals surface area contributed by atoms with Crippen molar-refractivity contribution in [1.82, 2.24) is 10.3 Å². The summed E-state index contributed by atoms with van der Waals surface area (Å²) in [6.45, 7) is 5.39. The molecule has 1 fully saturated rings. The van der Waals surface area contributed by atoms with E-state index in [1.54, 1.807) is 26.2 Å². The number of thioether (sulfide) groups is 1. The van der Waals surface area contributed by atoms with Crippen LogP contribution in [0, 0.1) is 0 Å². The molecule has 1 aromatic heterocycles. The molecule has 7 heteroatoms. The predicted octanol–water partition coefficient (Wildman–Crippen LogP) is 2.72. The topological polar surface area (TPSA) is 68.3 Å². The largest absolute Gasteiger partial charge is 0.455 e. The molecule has 0 aromatic carbocycles. The number of amides is 1. The van der Waals surface area contributed by atoms with Crippen LogP contribution in [0.1, 0.15) is 53.9 Å². The Morgan fingerprint density at radius 1 is 1.33 bits per heavy atom. The van der Waals surface area contributed by atoms with Crippen LogP contribution >= 0.6 is 23.1 Å². The van der Waals surface area contributed by atoms with E-state index >= 15 is 0 Å². The summed E-state index contributed by atoms with van der Waals surface area (Å²) < 4.78 is 5.24. The van der Waals surface area contributed by atoms with Crippen molar-refractivity contribution in [1.29, 1.82) is 0 Å². The number of carbonyl (C=O) groups is 2. The van der Waals surface area contributed by atoms with Gasteiger partial charge in [-0.25, -0.2) is 9.78 Å². The monoisotopic (exact) mass is 328 g/mol. The van der Waals surface area contributed by atoms with E-state index in [9.17, 15) is 9.59 Å². The average Bonchev–Trinajstić information content (AvgIpc) is 2.87. The van der Waals surface area contributed by atoms with E-state index in [1.165, 1.54) is 11.3 Å². The maximum absolute atomic E-state index is 12.1. The van der Waals surface area contributed by atoms with Crippen LogP contribution in [-0.2, 0) is 4.74 Å². The standard InChI is InChI=1S/C14H20N2O3S2/c1-14(2,3)19-13(18)10-8-21-12(16-10)11(17)15-9-4-6-20-7-5-9/h8-9H,4-7H2,1-3H3,(H,15,17). The molecule has 116 valence electrons. The normalized spacial score (nSPS) is 16.5. The number of hydrogen-bond donors (Lipinski definition) is 1. The fourth-order valence-electron chi connectivity index (χ4n) is 1.89. The molecule has 2 heterocycles. The van der Waals surface area contributed by atoms with Gasteiger partial charge in [-0.3, -0.25) is 4.79 Å². The molecule has 1 N–H and O–H groups in total. The van der Waals surface area contributed by atoms with E-state index in [2.05, 4.69) is 10.3 Å². The number of rotatable bonds is 3. The first-order chi connectivity index (χ1) is 9.85. The first kappa shape index (κ1) is 16.3. The van der Waals surface area contributed by atoms with E-state index < -0.39 is 11.6 Å². The maximum Gasteiger partial charge on any atom is 0.358 e. The Morgan fingerprint density at radius 3 is 2.62 bits per heavy atom. The van der Waals surface area contributed by atoms with E-state index in [0.717, 1.165) is 24.3 Å². The Hall–Kier alpha value is -1.08. The zero-order valence-corrected chi connectivity index (χ0v) is 14.1. The van der Waals surface area contributed by atoms with Crippen LogP contribution < -0.4 is 5.32 Å². The predicted molar refractivity (Wildman–Crippen MR) is 85.1 cm³/mol. The summed E-state index contributed by atoms with van der Waals surface area (Å²) in [5.74, 6) is 1.45.